The first-order valence-electron chi connectivity index (χ1n) is 0.134. The zero-order chi connectivity index (χ0) is 2.00. The Morgan fingerprint density at radius 2 is 0.500 bits per heavy atom. The van der Waals surface area contributed by atoms with Crippen molar-refractivity contribution in [2.45, 2.75) is 0 Å². The average Bonchev–Trinajstić information content (AvgIpc) is 1.00. The molecule has 0 aromatic heterocycles. The van der Waals surface area contributed by atoms with Crippen LogP contribution in [0.2, 0.25) is 0 Å². The fraction of sp³-hybridized carbons (Fsp3) is 0. The SMILES string of the molecule is O.O.O.O.O.O.[Cl][Gd]. The Bertz CT molecular complexity index is 8.49. The van der Waals surface area contributed by atoms with E-state index >= 15 is 0 Å². The normalized spacial score (nSPS) is 0.750. The zero-order valence-corrected chi connectivity index (χ0v) is 6.76. The molecule has 0 atom stereocenters. The second-order valence-corrected chi connectivity index (χ2v) is 0. The Balaban J connectivity index is -0.000000000333. The van der Waals surface area contributed by atoms with Gasteiger partial charge in [0.15, 0.2) is 0 Å². The molecule has 0 radical (unpaired) electrons. The fourth-order valence-corrected chi connectivity index (χ4v) is 0. The molecule has 0 aromatic carbocycles. The van der Waals surface area contributed by atoms with E-state index in [0.717, 1.165) is 0 Å². The first kappa shape index (κ1) is 117. The molecule has 0 heterocycles. The number of hydrogen-bond acceptors (Lipinski definition) is 0. The van der Waals surface area contributed by atoms with Gasteiger partial charge in [-0.3, -0.25) is 0 Å². The van der Waals surface area contributed by atoms with Gasteiger partial charge in [0.25, 0.3) is 0 Å². The van der Waals surface area contributed by atoms with Crippen LogP contribution in [0.15, 0.2) is 0 Å². The van der Waals surface area contributed by atoms with Crippen LogP contribution in [0.25, 0.3) is 0 Å². The van der Waals surface area contributed by atoms with E-state index in [2.05, 4.69) is 5.97 Å². The Morgan fingerprint density at radius 1 is 0.500 bits per heavy atom. The first-order chi connectivity index (χ1) is 1.00. The quantitative estimate of drug-likeness (QED) is 0.419. The van der Waals surface area contributed by atoms with Gasteiger partial charge in [-0.2, -0.15) is 0 Å². The van der Waals surface area contributed by atoms with Crippen LogP contribution in [0.4, 0.5) is 0 Å². The van der Waals surface area contributed by atoms with Crippen LogP contribution in [-0.2, 0) is 0 Å². The Kier molecular flexibility index (Phi) is 3510. The first-order valence-corrected chi connectivity index (χ1v) is 2.97. The van der Waals surface area contributed by atoms with Crippen LogP contribution < -0.4 is 0 Å². The molecule has 8 heteroatoms. The van der Waals surface area contributed by atoms with Gasteiger partial charge in [-0.05, 0) is 0 Å². The summed E-state index contributed by atoms with van der Waals surface area (Å²) in [7, 11) is 0. The summed E-state index contributed by atoms with van der Waals surface area (Å²) in [5.74, 6) is 4.67. The van der Waals surface area contributed by atoms with Gasteiger partial charge in [0, 0.05) is 0 Å². The number of rotatable bonds is 0. The number of halogens is 1. The van der Waals surface area contributed by atoms with Crippen molar-refractivity contribution in [2.75, 3.05) is 0 Å². The van der Waals surface area contributed by atoms with Gasteiger partial charge in [-0.1, -0.05) is 0 Å². The van der Waals surface area contributed by atoms with Gasteiger partial charge in [-0.25, -0.2) is 0 Å². The molecule has 0 aromatic rings. The molecule has 0 bridgehead atoms. The second kappa shape index (κ2) is 241. The van der Waals surface area contributed by atoms with E-state index < -0.39 is 0 Å². The Labute approximate surface area is 74.6 Å². The molecule has 12 N–H and O–H groups in total. The molecular formula is H12ClGdO6. The van der Waals surface area contributed by atoms with Gasteiger partial charge in [0.1, 0.15) is 0 Å². The van der Waals surface area contributed by atoms with Crippen LogP contribution in [0.3, 0.4) is 0 Å². The maximum absolute atomic E-state index is 4.67. The van der Waals surface area contributed by atoms with Gasteiger partial charge in [0.05, 0.1) is 0 Å². The number of hydrogen-bond donors (Lipinski definition) is 0. The summed E-state index contributed by atoms with van der Waals surface area (Å²) in [6.45, 7) is 0. The molecule has 6 nitrogen and oxygen atoms in total. The van der Waals surface area contributed by atoms with Crippen molar-refractivity contribution in [3.8, 4) is 0 Å². The van der Waals surface area contributed by atoms with E-state index in [1.54, 1.807) is 0 Å². The summed E-state index contributed by atoms with van der Waals surface area (Å²) >= 11 is 1.33. The van der Waals surface area contributed by atoms with Crippen LogP contribution in [-0.4, -0.2) is 32.9 Å². The van der Waals surface area contributed by atoms with Crippen molar-refractivity contribution >= 4 is 5.97 Å². The van der Waals surface area contributed by atoms with Crippen molar-refractivity contribution in [1.82, 2.24) is 0 Å². The predicted molar refractivity (Wildman–Crippen MR) is 27.5 cm³/mol. The topological polar surface area (TPSA) is 189 Å². The molecule has 0 fully saturated rings. The zero-order valence-electron chi connectivity index (χ0n) is 3.73. The molecule has 0 saturated carbocycles. The summed E-state index contributed by atoms with van der Waals surface area (Å²) in [6, 6.07) is 0. The van der Waals surface area contributed by atoms with Gasteiger partial charge < -0.3 is 32.9 Å². The summed E-state index contributed by atoms with van der Waals surface area (Å²) in [5, 5.41) is 0. The fourth-order valence-electron chi connectivity index (χ4n) is 0. The molecule has 0 rings (SSSR count). The maximum atomic E-state index is 4.67. The molecule has 0 aliphatic rings. The average molecular weight is 301 g/mol. The van der Waals surface area contributed by atoms with Crippen LogP contribution in [0.5, 0.6) is 0 Å². The van der Waals surface area contributed by atoms with Crippen LogP contribution in [0, 0.1) is 36.4 Å². The summed E-state index contributed by atoms with van der Waals surface area (Å²) < 4.78 is 0. The van der Waals surface area contributed by atoms with Crippen molar-refractivity contribution in [1.29, 1.82) is 0 Å². The molecule has 0 amide bonds. The monoisotopic (exact) mass is 301 g/mol. The molecule has 0 aliphatic carbocycles. The molecule has 0 aliphatic heterocycles. The predicted octanol–water partition coefficient (Wildman–Crippen LogP) is -4.26. The van der Waals surface area contributed by atoms with E-state index in [-0.39, 0.29) is 32.9 Å². The molecule has 63 valence electrons. The molecular weight excluding hydrogens is 289 g/mol. The van der Waals surface area contributed by atoms with Crippen LogP contribution in [0.1, 0.15) is 0 Å². The summed E-state index contributed by atoms with van der Waals surface area (Å²) in [6.07, 6.45) is 0. The molecule has 8 heavy (non-hydrogen) atoms. The van der Waals surface area contributed by atoms with Crippen molar-refractivity contribution in [3.63, 3.8) is 0 Å². The van der Waals surface area contributed by atoms with Gasteiger partial charge in [-0.15, -0.1) is 0 Å². The Hall–Kier alpha value is 1.37. The van der Waals surface area contributed by atoms with E-state index in [1.165, 1.54) is 36.4 Å². The van der Waals surface area contributed by atoms with E-state index in [4.69, 9.17) is 0 Å². The second-order valence-electron chi connectivity index (χ2n) is 0. The van der Waals surface area contributed by atoms with E-state index in [1.807, 2.05) is 0 Å². The minimum atomic E-state index is 0. The summed E-state index contributed by atoms with van der Waals surface area (Å²) in [4.78, 5) is 0. The third-order valence-electron chi connectivity index (χ3n) is 0. The summed E-state index contributed by atoms with van der Waals surface area (Å²) in [5.41, 5.74) is 0. The van der Waals surface area contributed by atoms with E-state index in [9.17, 15) is 0 Å². The van der Waals surface area contributed by atoms with Crippen LogP contribution >= 0.6 is 5.97 Å². The van der Waals surface area contributed by atoms with Gasteiger partial charge in [0.2, 0.25) is 0 Å². The van der Waals surface area contributed by atoms with Crippen molar-refractivity contribution in [2.24, 2.45) is 0 Å². The Morgan fingerprint density at radius 3 is 0.500 bits per heavy atom. The molecule has 0 spiro atoms. The third-order valence-corrected chi connectivity index (χ3v) is 0. The van der Waals surface area contributed by atoms with Crippen molar-refractivity contribution in [3.05, 3.63) is 0 Å². The minimum absolute atomic E-state index is 0. The standard InChI is InChI=1S/ClH.Gd.6H2O/h1H;;6*1H2/q;+1;;;;;;/p-1. The third kappa shape index (κ3) is 159. The molecule has 0 unspecified atom stereocenters. The van der Waals surface area contributed by atoms with E-state index in [0.29, 0.717) is 0 Å². The van der Waals surface area contributed by atoms with Gasteiger partial charge >= 0.3 is 42.3 Å². The van der Waals surface area contributed by atoms with Crippen molar-refractivity contribution < 1.29 is 69.2 Å². The molecule has 0 saturated heterocycles.